The van der Waals surface area contributed by atoms with E-state index in [1.807, 2.05) is 0 Å². The molecule has 2 saturated carbocycles. The van der Waals surface area contributed by atoms with Gasteiger partial charge in [0, 0.05) is 18.2 Å². The van der Waals surface area contributed by atoms with Crippen LogP contribution in [0, 0.1) is 17.8 Å². The number of urea groups is 1. The molecular weight excluding hydrogens is 364 g/mol. The number of imide groups is 1. The second-order valence-electron chi connectivity index (χ2n) is 7.66. The minimum absolute atomic E-state index is 0.359. The first-order valence-electron chi connectivity index (χ1n) is 9.73. The third-order valence-electron chi connectivity index (χ3n) is 5.73. The van der Waals surface area contributed by atoms with Crippen molar-refractivity contribution >= 4 is 23.6 Å². The first kappa shape index (κ1) is 18.6. The molecule has 3 aliphatic rings. The first-order valence-corrected chi connectivity index (χ1v) is 9.73. The van der Waals surface area contributed by atoms with E-state index in [2.05, 4.69) is 10.6 Å². The van der Waals surface area contributed by atoms with Crippen molar-refractivity contribution in [2.45, 2.75) is 32.1 Å². The number of carbonyl (C=O) groups excluding carboxylic acids is 3. The van der Waals surface area contributed by atoms with E-state index >= 15 is 0 Å². The molecule has 1 aliphatic heterocycles. The van der Waals surface area contributed by atoms with Gasteiger partial charge in [0.1, 0.15) is 13.2 Å². The van der Waals surface area contributed by atoms with Crippen LogP contribution in [0.3, 0.4) is 0 Å². The number of benzene rings is 1. The Morgan fingerprint density at radius 1 is 1.07 bits per heavy atom. The predicted molar refractivity (Wildman–Crippen MR) is 99.1 cm³/mol. The maximum absolute atomic E-state index is 12.0. The maximum atomic E-state index is 12.0. The summed E-state index contributed by atoms with van der Waals surface area (Å²) in [4.78, 5) is 35.8. The molecule has 2 fully saturated rings. The van der Waals surface area contributed by atoms with Gasteiger partial charge in [-0.3, -0.25) is 14.9 Å². The summed E-state index contributed by atoms with van der Waals surface area (Å²) < 4.78 is 15.9. The minimum Gasteiger partial charge on any atom is -0.486 e. The van der Waals surface area contributed by atoms with E-state index in [1.54, 1.807) is 18.2 Å². The molecule has 1 heterocycles. The smallest absolute Gasteiger partial charge is 0.325 e. The van der Waals surface area contributed by atoms with Crippen LogP contribution >= 0.6 is 0 Å². The molecule has 2 N–H and O–H groups in total. The molecule has 0 unspecified atom stereocenters. The van der Waals surface area contributed by atoms with Crippen molar-refractivity contribution in [3.05, 3.63) is 18.2 Å². The molecule has 1 aromatic rings. The predicted octanol–water partition coefficient (Wildman–Crippen LogP) is 2.48. The normalized spacial score (nSPS) is 24.5. The fraction of sp³-hybridized carbons (Fsp3) is 0.550. The fourth-order valence-corrected chi connectivity index (χ4v) is 4.49. The number of fused-ring (bicyclic) bond motifs is 3. The van der Waals surface area contributed by atoms with Gasteiger partial charge in [-0.2, -0.15) is 0 Å². The first-order chi connectivity index (χ1) is 13.6. The highest BCUT2D eigenvalue weighted by atomic mass is 16.6. The van der Waals surface area contributed by atoms with E-state index in [1.165, 1.54) is 19.3 Å². The van der Waals surface area contributed by atoms with Crippen LogP contribution in [0.25, 0.3) is 0 Å². The standard InChI is InChI=1S/C20H24N2O6/c23-18(11-28-19(24)9-14-8-12-1-2-13(14)7-12)22-20(25)21-15-3-4-16-17(10-15)27-6-5-26-16/h3-4,10,12-14H,1-2,5-9,11H2,(H2,21,22,23,25)/t12-,13-,14-/m1/s1. The van der Waals surface area contributed by atoms with Gasteiger partial charge in [-0.05, 0) is 49.1 Å². The zero-order valence-electron chi connectivity index (χ0n) is 15.6. The number of hydrogen-bond acceptors (Lipinski definition) is 6. The molecule has 3 amide bonds. The van der Waals surface area contributed by atoms with Crippen LogP contribution in [0.2, 0.25) is 0 Å². The third kappa shape index (κ3) is 4.37. The Balaban J connectivity index is 1.18. The van der Waals surface area contributed by atoms with Gasteiger partial charge in [0.15, 0.2) is 18.1 Å². The number of amides is 3. The molecule has 1 aromatic carbocycles. The van der Waals surface area contributed by atoms with Gasteiger partial charge in [0.25, 0.3) is 5.91 Å². The van der Waals surface area contributed by atoms with E-state index in [0.717, 1.165) is 12.3 Å². The average molecular weight is 388 g/mol. The lowest BCUT2D eigenvalue weighted by Gasteiger charge is -2.20. The number of esters is 1. The summed E-state index contributed by atoms with van der Waals surface area (Å²) in [5, 5.41) is 4.69. The van der Waals surface area contributed by atoms with E-state index in [4.69, 9.17) is 14.2 Å². The van der Waals surface area contributed by atoms with Crippen LogP contribution in [0.5, 0.6) is 11.5 Å². The molecule has 4 rings (SSSR count). The van der Waals surface area contributed by atoms with E-state index in [9.17, 15) is 14.4 Å². The Hall–Kier alpha value is -2.77. The molecule has 0 radical (unpaired) electrons. The highest BCUT2D eigenvalue weighted by molar-refractivity contribution is 6.02. The summed E-state index contributed by atoms with van der Waals surface area (Å²) in [5.74, 6) is 1.86. The number of ether oxygens (including phenoxy) is 3. The Morgan fingerprint density at radius 3 is 2.64 bits per heavy atom. The van der Waals surface area contributed by atoms with Gasteiger partial charge in [0.05, 0.1) is 0 Å². The second kappa shape index (κ2) is 8.08. The van der Waals surface area contributed by atoms with Crippen LogP contribution in [-0.2, 0) is 14.3 Å². The Labute approximate surface area is 162 Å². The van der Waals surface area contributed by atoms with Gasteiger partial charge in [-0.1, -0.05) is 6.42 Å². The zero-order valence-corrected chi connectivity index (χ0v) is 15.6. The van der Waals surface area contributed by atoms with E-state index in [-0.39, 0.29) is 5.97 Å². The number of carbonyl (C=O) groups is 3. The van der Waals surface area contributed by atoms with Gasteiger partial charge in [-0.25, -0.2) is 4.79 Å². The molecule has 0 saturated heterocycles. The van der Waals surface area contributed by atoms with Crippen molar-refractivity contribution in [2.24, 2.45) is 17.8 Å². The molecule has 2 bridgehead atoms. The summed E-state index contributed by atoms with van der Waals surface area (Å²) in [7, 11) is 0. The molecule has 0 spiro atoms. The van der Waals surface area contributed by atoms with Gasteiger partial charge < -0.3 is 19.5 Å². The summed E-state index contributed by atoms with van der Waals surface area (Å²) in [6.45, 7) is 0.457. The van der Waals surface area contributed by atoms with Crippen LogP contribution in [0.4, 0.5) is 10.5 Å². The number of nitrogens with one attached hydrogen (secondary N) is 2. The van der Waals surface area contributed by atoms with Gasteiger partial charge in [-0.15, -0.1) is 0 Å². The Bertz CT molecular complexity index is 780. The fourth-order valence-electron chi connectivity index (χ4n) is 4.49. The molecule has 2 aliphatic carbocycles. The number of anilines is 1. The maximum Gasteiger partial charge on any atom is 0.325 e. The van der Waals surface area contributed by atoms with Gasteiger partial charge >= 0.3 is 12.0 Å². The van der Waals surface area contributed by atoms with Crippen LogP contribution in [0.1, 0.15) is 32.1 Å². The largest absolute Gasteiger partial charge is 0.486 e. The lowest BCUT2D eigenvalue weighted by molar-refractivity contribution is -0.149. The summed E-state index contributed by atoms with van der Waals surface area (Å²) in [5.41, 5.74) is 0.461. The van der Waals surface area contributed by atoms with Crippen LogP contribution in [0.15, 0.2) is 18.2 Å². The van der Waals surface area contributed by atoms with Crippen LogP contribution in [-0.4, -0.2) is 37.7 Å². The van der Waals surface area contributed by atoms with Crippen molar-refractivity contribution in [1.29, 1.82) is 0 Å². The van der Waals surface area contributed by atoms with Crippen molar-refractivity contribution in [1.82, 2.24) is 5.32 Å². The SMILES string of the molecule is O=C(COC(=O)C[C@H]1C[C@@H]2CC[C@@H]1C2)NC(=O)Nc1ccc2c(c1)OCCO2. The molecule has 8 nitrogen and oxygen atoms in total. The van der Waals surface area contributed by atoms with Crippen molar-refractivity contribution in [3.63, 3.8) is 0 Å². The Morgan fingerprint density at radius 2 is 1.89 bits per heavy atom. The molecule has 28 heavy (non-hydrogen) atoms. The summed E-state index contributed by atoms with van der Waals surface area (Å²) >= 11 is 0. The summed E-state index contributed by atoms with van der Waals surface area (Å²) in [6.07, 6.45) is 5.14. The van der Waals surface area contributed by atoms with Crippen LogP contribution < -0.4 is 20.1 Å². The Kier molecular flexibility index (Phi) is 5.36. The van der Waals surface area contributed by atoms with E-state index in [0.29, 0.717) is 48.7 Å². The van der Waals surface area contributed by atoms with Crippen molar-refractivity contribution in [2.75, 3.05) is 25.1 Å². The third-order valence-corrected chi connectivity index (χ3v) is 5.73. The lowest BCUT2D eigenvalue weighted by atomic mass is 9.86. The van der Waals surface area contributed by atoms with Crippen molar-refractivity contribution in [3.8, 4) is 11.5 Å². The monoisotopic (exact) mass is 388 g/mol. The molecule has 150 valence electrons. The quantitative estimate of drug-likeness (QED) is 0.751. The highest BCUT2D eigenvalue weighted by Crippen LogP contribution is 2.49. The molecule has 8 heteroatoms. The lowest BCUT2D eigenvalue weighted by Crippen LogP contribution is -2.37. The summed E-state index contributed by atoms with van der Waals surface area (Å²) in [6, 6.07) is 4.25. The zero-order chi connectivity index (χ0) is 19.5. The average Bonchev–Trinajstić information content (AvgIpc) is 3.29. The topological polar surface area (TPSA) is 103 Å². The van der Waals surface area contributed by atoms with Crippen molar-refractivity contribution < 1.29 is 28.6 Å². The number of hydrogen-bond donors (Lipinski definition) is 2. The highest BCUT2D eigenvalue weighted by Gasteiger charge is 2.40. The van der Waals surface area contributed by atoms with E-state index < -0.39 is 18.5 Å². The minimum atomic E-state index is -0.703. The molecular formula is C20H24N2O6. The second-order valence-corrected chi connectivity index (χ2v) is 7.66. The molecule has 3 atom stereocenters. The van der Waals surface area contributed by atoms with Gasteiger partial charge in [0.2, 0.25) is 0 Å². The molecule has 0 aromatic heterocycles. The number of rotatable bonds is 5.